The first kappa shape index (κ1) is 12.5. The van der Waals surface area contributed by atoms with Crippen molar-refractivity contribution in [3.63, 3.8) is 0 Å². The number of hydrogen-bond acceptors (Lipinski definition) is 4. The van der Waals surface area contributed by atoms with Crippen LogP contribution in [-0.4, -0.2) is 23.3 Å². The average molecular weight is 243 g/mol. The van der Waals surface area contributed by atoms with Gasteiger partial charge in [0.2, 0.25) is 0 Å². The second-order valence-corrected chi connectivity index (χ2v) is 4.74. The molecule has 2 N–H and O–H groups in total. The van der Waals surface area contributed by atoms with E-state index < -0.39 is 12.1 Å². The predicted molar refractivity (Wildman–Crippen MR) is 61.3 cm³/mol. The fraction of sp³-hybridized carbons (Fsp3) is 0.400. The number of carbonyl (C=O) groups excluding carboxylic acids is 1. The van der Waals surface area contributed by atoms with Gasteiger partial charge in [-0.1, -0.05) is 0 Å². The summed E-state index contributed by atoms with van der Waals surface area (Å²) < 4.78 is 4.86. The Bertz CT molecular complexity index is 411. The Hall–Kier alpha value is -1.56. The van der Waals surface area contributed by atoms with Gasteiger partial charge in [-0.3, -0.25) is 5.32 Å². The third-order valence-corrected chi connectivity index (χ3v) is 2.61. The van der Waals surface area contributed by atoms with Crippen LogP contribution in [0.4, 0.5) is 9.80 Å². The molecule has 1 aromatic rings. The molecule has 0 bridgehead atoms. The van der Waals surface area contributed by atoms with Crippen LogP contribution in [-0.2, 0) is 4.74 Å². The number of amides is 1. The van der Waals surface area contributed by atoms with Crippen molar-refractivity contribution in [1.29, 1.82) is 0 Å². The predicted octanol–water partition coefficient (Wildman–Crippen LogP) is 2.71. The number of aromatic carboxylic acids is 1. The monoisotopic (exact) mass is 243 g/mol. The van der Waals surface area contributed by atoms with Crippen LogP contribution in [0.5, 0.6) is 0 Å². The van der Waals surface area contributed by atoms with E-state index in [-0.39, 0.29) is 11.7 Å². The molecule has 0 aromatic carbocycles. The van der Waals surface area contributed by atoms with E-state index >= 15 is 0 Å². The number of carboxylic acids is 1. The summed E-state index contributed by atoms with van der Waals surface area (Å²) in [5.41, 5.74) is 0.0863. The van der Waals surface area contributed by atoms with Crippen LogP contribution in [0.1, 0.15) is 29.1 Å². The van der Waals surface area contributed by atoms with Crippen molar-refractivity contribution in [2.45, 2.75) is 26.9 Å². The van der Waals surface area contributed by atoms with Gasteiger partial charge in [0.05, 0.1) is 11.7 Å². The Morgan fingerprint density at radius 2 is 2.12 bits per heavy atom. The zero-order chi connectivity index (χ0) is 12.3. The number of aryl methyl sites for hydroxylation is 1. The molecular formula is C10H13NO4S. The fourth-order valence-electron chi connectivity index (χ4n) is 1.10. The van der Waals surface area contributed by atoms with Crippen LogP contribution in [0.25, 0.3) is 0 Å². The van der Waals surface area contributed by atoms with Gasteiger partial charge in [0.1, 0.15) is 5.00 Å². The SMILES string of the molecule is Cc1cc(C(=O)O)c(NC(=O)OC(C)C)s1. The van der Waals surface area contributed by atoms with Gasteiger partial charge in [-0.05, 0) is 26.8 Å². The molecule has 5 nitrogen and oxygen atoms in total. The van der Waals surface area contributed by atoms with Crippen LogP contribution < -0.4 is 5.32 Å². The standard InChI is InChI=1S/C10H13NO4S/c1-5(2)15-10(14)11-8-7(9(12)13)4-6(3)16-8/h4-5H,1-3H3,(H,11,14)(H,12,13). The highest BCUT2D eigenvalue weighted by Crippen LogP contribution is 2.27. The number of hydrogen-bond donors (Lipinski definition) is 2. The summed E-state index contributed by atoms with van der Waals surface area (Å²) in [6.45, 7) is 5.21. The molecule has 1 heterocycles. The molecule has 6 heteroatoms. The van der Waals surface area contributed by atoms with Gasteiger partial charge >= 0.3 is 12.1 Å². The second kappa shape index (κ2) is 4.98. The molecule has 0 unspecified atom stereocenters. The van der Waals surface area contributed by atoms with Gasteiger partial charge in [0, 0.05) is 4.88 Å². The molecule has 0 saturated carbocycles. The van der Waals surface area contributed by atoms with E-state index in [2.05, 4.69) is 5.32 Å². The Labute approximate surface area is 97.0 Å². The fourth-order valence-corrected chi connectivity index (χ4v) is 1.99. The van der Waals surface area contributed by atoms with Crippen LogP contribution in [0, 0.1) is 6.92 Å². The maximum absolute atomic E-state index is 11.3. The summed E-state index contributed by atoms with van der Waals surface area (Å²) in [6, 6.07) is 1.51. The molecule has 0 radical (unpaired) electrons. The van der Waals surface area contributed by atoms with Crippen molar-refractivity contribution in [3.05, 3.63) is 16.5 Å². The summed E-state index contributed by atoms with van der Waals surface area (Å²) in [7, 11) is 0. The zero-order valence-corrected chi connectivity index (χ0v) is 10.1. The number of anilines is 1. The molecule has 0 saturated heterocycles. The lowest BCUT2D eigenvalue weighted by atomic mass is 10.3. The normalized spacial score (nSPS) is 10.2. The Morgan fingerprint density at radius 1 is 1.50 bits per heavy atom. The Balaban J connectivity index is 2.80. The maximum Gasteiger partial charge on any atom is 0.412 e. The topological polar surface area (TPSA) is 75.6 Å². The summed E-state index contributed by atoms with van der Waals surface area (Å²) >= 11 is 1.21. The Morgan fingerprint density at radius 3 is 2.62 bits per heavy atom. The van der Waals surface area contributed by atoms with Gasteiger partial charge in [-0.15, -0.1) is 11.3 Å². The molecular weight excluding hydrogens is 230 g/mol. The number of carbonyl (C=O) groups is 2. The zero-order valence-electron chi connectivity index (χ0n) is 9.23. The van der Waals surface area contributed by atoms with Crippen molar-refractivity contribution in [1.82, 2.24) is 0 Å². The smallest absolute Gasteiger partial charge is 0.412 e. The first-order valence-electron chi connectivity index (χ1n) is 4.71. The second-order valence-electron chi connectivity index (χ2n) is 3.48. The first-order valence-corrected chi connectivity index (χ1v) is 5.53. The molecule has 1 aromatic heterocycles. The van der Waals surface area contributed by atoms with Gasteiger partial charge < -0.3 is 9.84 Å². The number of ether oxygens (including phenoxy) is 1. The minimum Gasteiger partial charge on any atom is -0.478 e. The highest BCUT2D eigenvalue weighted by molar-refractivity contribution is 7.16. The molecule has 0 aliphatic rings. The molecule has 1 amide bonds. The minimum atomic E-state index is -1.07. The van der Waals surface area contributed by atoms with Crippen molar-refractivity contribution in [2.24, 2.45) is 0 Å². The van der Waals surface area contributed by atoms with E-state index in [1.54, 1.807) is 20.8 Å². The molecule has 16 heavy (non-hydrogen) atoms. The van der Waals surface area contributed by atoms with Gasteiger partial charge in [-0.25, -0.2) is 9.59 Å². The third-order valence-electron chi connectivity index (χ3n) is 1.64. The molecule has 0 fully saturated rings. The summed E-state index contributed by atoms with van der Waals surface area (Å²) in [6.07, 6.45) is -0.881. The molecule has 0 aliphatic heterocycles. The summed E-state index contributed by atoms with van der Waals surface area (Å²) in [4.78, 5) is 23.0. The lowest BCUT2D eigenvalue weighted by Gasteiger charge is -2.08. The number of nitrogens with one attached hydrogen (secondary N) is 1. The first-order chi connectivity index (χ1) is 7.40. The van der Waals surface area contributed by atoms with Crippen molar-refractivity contribution in [3.8, 4) is 0 Å². The van der Waals surface area contributed by atoms with E-state index in [4.69, 9.17) is 9.84 Å². The maximum atomic E-state index is 11.3. The summed E-state index contributed by atoms with van der Waals surface area (Å²) in [5, 5.41) is 11.6. The van der Waals surface area contributed by atoms with Crippen LogP contribution in [0.15, 0.2) is 6.07 Å². The Kier molecular flexibility index (Phi) is 3.89. The quantitative estimate of drug-likeness (QED) is 0.855. The molecule has 0 aliphatic carbocycles. The van der Waals surface area contributed by atoms with E-state index in [1.165, 1.54) is 17.4 Å². The van der Waals surface area contributed by atoms with E-state index in [9.17, 15) is 9.59 Å². The lowest BCUT2D eigenvalue weighted by Crippen LogP contribution is -2.18. The largest absolute Gasteiger partial charge is 0.478 e. The van der Waals surface area contributed by atoms with Crippen LogP contribution >= 0.6 is 11.3 Å². The molecule has 1 rings (SSSR count). The van der Waals surface area contributed by atoms with E-state index in [0.717, 1.165) is 4.88 Å². The third kappa shape index (κ3) is 3.23. The van der Waals surface area contributed by atoms with Crippen molar-refractivity contribution in [2.75, 3.05) is 5.32 Å². The summed E-state index contributed by atoms with van der Waals surface area (Å²) in [5.74, 6) is -1.07. The number of carboxylic acid groups (broad SMARTS) is 1. The number of thiophene rings is 1. The van der Waals surface area contributed by atoms with Crippen LogP contribution in [0.2, 0.25) is 0 Å². The van der Waals surface area contributed by atoms with Crippen molar-refractivity contribution < 1.29 is 19.4 Å². The minimum absolute atomic E-state index is 0.0863. The average Bonchev–Trinajstić information content (AvgIpc) is 2.44. The van der Waals surface area contributed by atoms with Gasteiger partial charge in [-0.2, -0.15) is 0 Å². The molecule has 0 atom stereocenters. The van der Waals surface area contributed by atoms with Gasteiger partial charge in [0.25, 0.3) is 0 Å². The van der Waals surface area contributed by atoms with Crippen LogP contribution in [0.3, 0.4) is 0 Å². The highest BCUT2D eigenvalue weighted by atomic mass is 32.1. The molecule has 88 valence electrons. The van der Waals surface area contributed by atoms with Crippen molar-refractivity contribution >= 4 is 28.4 Å². The van der Waals surface area contributed by atoms with Gasteiger partial charge in [0.15, 0.2) is 0 Å². The van der Waals surface area contributed by atoms with E-state index in [0.29, 0.717) is 5.00 Å². The van der Waals surface area contributed by atoms with E-state index in [1.807, 2.05) is 0 Å². The molecule has 0 spiro atoms. The lowest BCUT2D eigenvalue weighted by molar-refractivity contribution is 0.0698. The highest BCUT2D eigenvalue weighted by Gasteiger charge is 2.16. The number of rotatable bonds is 3.